The first-order valence-corrected chi connectivity index (χ1v) is 6.41. The van der Waals surface area contributed by atoms with Crippen LogP contribution in [0.3, 0.4) is 0 Å². The number of carbonyl (C=O) groups is 2. The number of hydrogen-bond donors (Lipinski definition) is 2. The van der Waals surface area contributed by atoms with Gasteiger partial charge in [-0.15, -0.1) is 23.5 Å². The molecule has 0 radical (unpaired) electrons. The van der Waals surface area contributed by atoms with Crippen LogP contribution in [0.5, 0.6) is 0 Å². The van der Waals surface area contributed by atoms with Crippen LogP contribution in [0.4, 0.5) is 0 Å². The van der Waals surface area contributed by atoms with Crippen LogP contribution in [-0.2, 0) is 9.59 Å². The number of amides is 1. The Hall–Kier alpha value is -0.880. The second kappa shape index (κ2) is 6.58. The quantitative estimate of drug-likeness (QED) is 0.723. The smallest absolute Gasteiger partial charge is 0.343 e. The minimum atomic E-state index is -1.09. The molecule has 0 rings (SSSR count). The summed E-state index contributed by atoms with van der Waals surface area (Å²) in [5, 5.41) is 11.3. The Bertz CT molecular complexity index is 323. The number of rotatable bonds is 5. The first-order valence-electron chi connectivity index (χ1n) is 3.96. The van der Waals surface area contributed by atoms with Gasteiger partial charge in [0.1, 0.15) is 4.91 Å². The lowest BCUT2D eigenvalue weighted by Crippen LogP contribution is -2.23. The normalized spacial score (nSPS) is 11.7. The van der Waals surface area contributed by atoms with E-state index in [9.17, 15) is 9.59 Å². The van der Waals surface area contributed by atoms with Gasteiger partial charge in [-0.25, -0.2) is 4.79 Å². The summed E-state index contributed by atoms with van der Waals surface area (Å²) in [6, 6.07) is 0. The Labute approximate surface area is 97.2 Å². The van der Waals surface area contributed by atoms with Crippen LogP contribution in [0.25, 0.3) is 0 Å². The molecule has 0 bridgehead atoms. The maximum absolute atomic E-state index is 11.6. The Kier molecular flexibility index (Phi) is 6.19. The third-order valence-electron chi connectivity index (χ3n) is 1.34. The van der Waals surface area contributed by atoms with E-state index in [1.54, 1.807) is 19.4 Å². The molecule has 6 heteroatoms. The Morgan fingerprint density at radius 3 is 1.93 bits per heavy atom. The molecule has 1 amide bonds. The van der Waals surface area contributed by atoms with E-state index in [1.807, 2.05) is 0 Å². The van der Waals surface area contributed by atoms with Crippen LogP contribution < -0.4 is 5.32 Å². The molecule has 15 heavy (non-hydrogen) atoms. The summed E-state index contributed by atoms with van der Waals surface area (Å²) in [5.41, 5.74) is 0.484. The highest BCUT2D eigenvalue weighted by Crippen LogP contribution is 2.25. The summed E-state index contributed by atoms with van der Waals surface area (Å²) in [5.74, 6) is -1.52. The van der Waals surface area contributed by atoms with Gasteiger partial charge in [0, 0.05) is 5.70 Å². The van der Waals surface area contributed by atoms with E-state index in [0.29, 0.717) is 5.70 Å². The molecule has 0 saturated carbocycles. The third kappa shape index (κ3) is 4.44. The molecule has 0 unspecified atom stereocenters. The molecule has 0 aromatic carbocycles. The van der Waals surface area contributed by atoms with Gasteiger partial charge < -0.3 is 10.4 Å². The Morgan fingerprint density at radius 2 is 1.67 bits per heavy atom. The highest BCUT2D eigenvalue weighted by atomic mass is 32.2. The zero-order valence-corrected chi connectivity index (χ0v) is 10.4. The van der Waals surface area contributed by atoms with Crippen LogP contribution >= 0.6 is 23.5 Å². The van der Waals surface area contributed by atoms with Gasteiger partial charge in [0.05, 0.1) is 4.91 Å². The molecule has 84 valence electrons. The molecule has 0 heterocycles. The molecule has 0 aliphatic heterocycles. The predicted molar refractivity (Wildman–Crippen MR) is 64.6 cm³/mol. The summed E-state index contributed by atoms with van der Waals surface area (Å²) in [6.07, 6.45) is 3.28. The highest BCUT2D eigenvalue weighted by Gasteiger charge is 2.19. The minimum absolute atomic E-state index is 0.0428. The van der Waals surface area contributed by atoms with E-state index in [4.69, 9.17) is 5.11 Å². The van der Waals surface area contributed by atoms with Crippen molar-refractivity contribution in [1.29, 1.82) is 0 Å². The van der Waals surface area contributed by atoms with Crippen molar-refractivity contribution in [2.75, 3.05) is 12.5 Å². The van der Waals surface area contributed by atoms with E-state index in [1.165, 1.54) is 0 Å². The molecular formula is C9H13NO3S2. The van der Waals surface area contributed by atoms with Crippen LogP contribution in [0.1, 0.15) is 6.92 Å². The molecule has 0 atom stereocenters. The van der Waals surface area contributed by atoms with Gasteiger partial charge in [0.2, 0.25) is 0 Å². The number of thioether (sulfide) groups is 2. The average Bonchev–Trinajstić information content (AvgIpc) is 2.11. The van der Waals surface area contributed by atoms with Crippen molar-refractivity contribution < 1.29 is 14.7 Å². The van der Waals surface area contributed by atoms with Crippen LogP contribution in [-0.4, -0.2) is 29.5 Å². The summed E-state index contributed by atoms with van der Waals surface area (Å²) >= 11 is 2.14. The van der Waals surface area contributed by atoms with Gasteiger partial charge in [0.15, 0.2) is 0 Å². The number of carboxylic acid groups (broad SMARTS) is 1. The van der Waals surface area contributed by atoms with Crippen LogP contribution in [0.15, 0.2) is 22.1 Å². The molecule has 0 aliphatic carbocycles. The molecular weight excluding hydrogens is 234 g/mol. The number of hydrogen-bond acceptors (Lipinski definition) is 4. The topological polar surface area (TPSA) is 66.4 Å². The first-order chi connectivity index (χ1) is 6.93. The lowest BCUT2D eigenvalue weighted by molar-refractivity contribution is -0.132. The summed E-state index contributed by atoms with van der Waals surface area (Å²) in [4.78, 5) is 22.6. The standard InChI is InChI=1S/C9H13NO3S2/c1-5(2)10-8(11)6(14-3)7(15-4)9(12)13/h1H2,2-4H3,(H,10,11)(H,12,13)/b7-6-. The Morgan fingerprint density at radius 1 is 1.20 bits per heavy atom. The Balaban J connectivity index is 5.09. The van der Waals surface area contributed by atoms with E-state index in [-0.39, 0.29) is 9.81 Å². The summed E-state index contributed by atoms with van der Waals surface area (Å²) in [7, 11) is 0. The van der Waals surface area contributed by atoms with Crippen molar-refractivity contribution >= 4 is 35.4 Å². The highest BCUT2D eigenvalue weighted by molar-refractivity contribution is 8.07. The monoisotopic (exact) mass is 247 g/mol. The van der Waals surface area contributed by atoms with Gasteiger partial charge in [-0.3, -0.25) is 4.79 Å². The molecule has 0 fully saturated rings. The lowest BCUT2D eigenvalue weighted by atomic mass is 10.4. The van der Waals surface area contributed by atoms with Gasteiger partial charge >= 0.3 is 5.97 Å². The summed E-state index contributed by atoms with van der Waals surface area (Å²) in [6.45, 7) is 5.16. The minimum Gasteiger partial charge on any atom is -0.477 e. The number of nitrogens with one attached hydrogen (secondary N) is 1. The molecule has 2 N–H and O–H groups in total. The van der Waals surface area contributed by atoms with E-state index in [2.05, 4.69) is 11.9 Å². The summed E-state index contributed by atoms with van der Waals surface area (Å²) < 4.78 is 0. The SMILES string of the molecule is C=C(C)NC(=O)/C(SC)=C(/SC)C(=O)O. The van der Waals surface area contributed by atoms with Gasteiger partial charge in [-0.2, -0.15) is 0 Å². The van der Waals surface area contributed by atoms with Crippen LogP contribution in [0.2, 0.25) is 0 Å². The fourth-order valence-corrected chi connectivity index (χ4v) is 2.28. The largest absolute Gasteiger partial charge is 0.477 e. The number of allylic oxidation sites excluding steroid dienone is 1. The molecule has 0 aliphatic rings. The lowest BCUT2D eigenvalue weighted by Gasteiger charge is -2.08. The van der Waals surface area contributed by atoms with Crippen molar-refractivity contribution in [3.63, 3.8) is 0 Å². The van der Waals surface area contributed by atoms with E-state index < -0.39 is 11.9 Å². The third-order valence-corrected chi connectivity index (χ3v) is 3.06. The van der Waals surface area contributed by atoms with Crippen molar-refractivity contribution in [2.24, 2.45) is 0 Å². The van der Waals surface area contributed by atoms with Gasteiger partial charge in [0.25, 0.3) is 5.91 Å². The van der Waals surface area contributed by atoms with Gasteiger partial charge in [-0.1, -0.05) is 6.58 Å². The van der Waals surface area contributed by atoms with Crippen LogP contribution in [0, 0.1) is 0 Å². The van der Waals surface area contributed by atoms with Crippen molar-refractivity contribution in [2.45, 2.75) is 6.92 Å². The number of carbonyl (C=O) groups excluding carboxylic acids is 1. The number of carboxylic acids is 1. The number of aliphatic carboxylic acids is 1. The van der Waals surface area contributed by atoms with Crippen molar-refractivity contribution in [3.05, 3.63) is 22.1 Å². The second-order valence-electron chi connectivity index (χ2n) is 2.61. The second-order valence-corrected chi connectivity index (χ2v) is 4.24. The van der Waals surface area contributed by atoms with Crippen molar-refractivity contribution in [1.82, 2.24) is 5.32 Å². The first kappa shape index (κ1) is 14.1. The fourth-order valence-electron chi connectivity index (χ4n) is 0.816. The molecule has 0 saturated heterocycles. The average molecular weight is 247 g/mol. The zero-order valence-electron chi connectivity index (χ0n) is 8.79. The molecule has 0 spiro atoms. The zero-order chi connectivity index (χ0) is 12.0. The molecule has 0 aromatic rings. The maximum Gasteiger partial charge on any atom is 0.343 e. The predicted octanol–water partition coefficient (Wildman–Crippen LogP) is 1.66. The maximum atomic E-state index is 11.6. The van der Waals surface area contributed by atoms with Gasteiger partial charge in [-0.05, 0) is 19.4 Å². The molecule has 0 aromatic heterocycles. The fraction of sp³-hybridized carbons (Fsp3) is 0.333. The van der Waals surface area contributed by atoms with Crippen molar-refractivity contribution in [3.8, 4) is 0 Å². The van der Waals surface area contributed by atoms with E-state index >= 15 is 0 Å². The molecule has 4 nitrogen and oxygen atoms in total. The van der Waals surface area contributed by atoms with E-state index in [0.717, 1.165) is 23.5 Å².